The fourth-order valence-electron chi connectivity index (χ4n) is 2.19. The van der Waals surface area contributed by atoms with Gasteiger partial charge in [0.15, 0.2) is 0 Å². The molecule has 1 atom stereocenters. The molecule has 0 bridgehead atoms. The molecule has 0 unspecified atom stereocenters. The van der Waals surface area contributed by atoms with E-state index in [-0.39, 0.29) is 6.04 Å². The summed E-state index contributed by atoms with van der Waals surface area (Å²) in [5.74, 6) is 0. The molecular formula is C14H20F3N. The Morgan fingerprint density at radius 3 is 2.28 bits per heavy atom. The van der Waals surface area contributed by atoms with Gasteiger partial charge in [-0.1, -0.05) is 32.0 Å². The van der Waals surface area contributed by atoms with E-state index >= 15 is 0 Å². The summed E-state index contributed by atoms with van der Waals surface area (Å²) in [6.07, 6.45) is -3.61. The number of nitrogens with zero attached hydrogens (tertiary/aromatic N) is 1. The van der Waals surface area contributed by atoms with Crippen LogP contribution >= 0.6 is 0 Å². The van der Waals surface area contributed by atoms with Crippen LogP contribution in [0.3, 0.4) is 0 Å². The van der Waals surface area contributed by atoms with Gasteiger partial charge in [-0.3, -0.25) is 0 Å². The Hall–Kier alpha value is -1.03. The smallest absolute Gasteiger partial charge is 0.301 e. The highest BCUT2D eigenvalue weighted by atomic mass is 19.4. The molecule has 102 valence electrons. The van der Waals surface area contributed by atoms with E-state index in [1.165, 1.54) is 12.1 Å². The zero-order chi connectivity index (χ0) is 13.8. The number of hydrogen-bond donors (Lipinski definition) is 0. The van der Waals surface area contributed by atoms with Crippen molar-refractivity contribution in [1.82, 2.24) is 4.90 Å². The lowest BCUT2D eigenvalue weighted by Crippen LogP contribution is -2.34. The van der Waals surface area contributed by atoms with Gasteiger partial charge >= 0.3 is 6.18 Å². The summed E-state index contributed by atoms with van der Waals surface area (Å²) < 4.78 is 37.8. The molecular weight excluding hydrogens is 239 g/mol. The van der Waals surface area contributed by atoms with Gasteiger partial charge in [0, 0.05) is 6.04 Å². The monoisotopic (exact) mass is 259 g/mol. The largest absolute Gasteiger partial charge is 0.416 e. The quantitative estimate of drug-likeness (QED) is 0.773. The summed E-state index contributed by atoms with van der Waals surface area (Å²) in [7, 11) is 0. The highest BCUT2D eigenvalue weighted by Gasteiger charge is 2.30. The van der Waals surface area contributed by atoms with Crippen molar-refractivity contribution in [2.45, 2.75) is 39.4 Å². The average molecular weight is 259 g/mol. The molecule has 0 amide bonds. The SMILES string of the molecule is CCN(CC)[C@H](C)Cc1cccc(C(F)(F)F)c1. The third-order valence-corrected chi connectivity index (χ3v) is 3.22. The van der Waals surface area contributed by atoms with Crippen molar-refractivity contribution in [1.29, 1.82) is 0 Å². The average Bonchev–Trinajstić information content (AvgIpc) is 2.29. The fraction of sp³-hybridized carbons (Fsp3) is 0.571. The first-order valence-electron chi connectivity index (χ1n) is 6.28. The fourth-order valence-corrected chi connectivity index (χ4v) is 2.19. The molecule has 1 nitrogen and oxygen atoms in total. The highest BCUT2D eigenvalue weighted by molar-refractivity contribution is 5.26. The summed E-state index contributed by atoms with van der Waals surface area (Å²) in [6, 6.07) is 5.86. The van der Waals surface area contributed by atoms with Crippen molar-refractivity contribution in [2.24, 2.45) is 0 Å². The second kappa shape index (κ2) is 6.23. The Morgan fingerprint density at radius 2 is 1.78 bits per heavy atom. The maximum atomic E-state index is 12.6. The minimum Gasteiger partial charge on any atom is -0.301 e. The van der Waals surface area contributed by atoms with Gasteiger partial charge in [-0.15, -0.1) is 0 Å². The van der Waals surface area contributed by atoms with Crippen molar-refractivity contribution < 1.29 is 13.2 Å². The zero-order valence-electron chi connectivity index (χ0n) is 11.1. The van der Waals surface area contributed by atoms with Gasteiger partial charge in [-0.25, -0.2) is 0 Å². The third-order valence-electron chi connectivity index (χ3n) is 3.22. The molecule has 0 saturated carbocycles. The van der Waals surface area contributed by atoms with E-state index in [0.717, 1.165) is 24.7 Å². The number of hydrogen-bond acceptors (Lipinski definition) is 1. The van der Waals surface area contributed by atoms with Gasteiger partial charge < -0.3 is 4.90 Å². The normalized spacial score (nSPS) is 13.9. The summed E-state index contributed by atoms with van der Waals surface area (Å²) in [5, 5.41) is 0. The molecule has 0 heterocycles. The van der Waals surface area contributed by atoms with Crippen LogP contribution in [0.25, 0.3) is 0 Å². The number of likely N-dealkylation sites (N-methyl/N-ethyl adjacent to an activating group) is 1. The molecule has 1 rings (SSSR count). The van der Waals surface area contributed by atoms with Crippen molar-refractivity contribution in [2.75, 3.05) is 13.1 Å². The van der Waals surface area contributed by atoms with Gasteiger partial charge in [0.1, 0.15) is 0 Å². The van der Waals surface area contributed by atoms with Gasteiger partial charge in [0.05, 0.1) is 5.56 Å². The topological polar surface area (TPSA) is 3.24 Å². The minimum atomic E-state index is -4.26. The zero-order valence-corrected chi connectivity index (χ0v) is 11.1. The Kier molecular flexibility index (Phi) is 5.20. The summed E-state index contributed by atoms with van der Waals surface area (Å²) >= 11 is 0. The van der Waals surface area contributed by atoms with Crippen LogP contribution in [-0.4, -0.2) is 24.0 Å². The molecule has 4 heteroatoms. The van der Waals surface area contributed by atoms with E-state index in [1.54, 1.807) is 6.07 Å². The van der Waals surface area contributed by atoms with Crippen LogP contribution in [0.15, 0.2) is 24.3 Å². The third kappa shape index (κ3) is 4.02. The second-order valence-corrected chi connectivity index (χ2v) is 4.47. The lowest BCUT2D eigenvalue weighted by atomic mass is 10.0. The van der Waals surface area contributed by atoms with Crippen molar-refractivity contribution in [3.8, 4) is 0 Å². The lowest BCUT2D eigenvalue weighted by molar-refractivity contribution is -0.137. The van der Waals surface area contributed by atoms with E-state index in [9.17, 15) is 13.2 Å². The predicted octanol–water partition coefficient (Wildman–Crippen LogP) is 3.98. The van der Waals surface area contributed by atoms with E-state index in [1.807, 2.05) is 6.92 Å². The number of benzene rings is 1. The lowest BCUT2D eigenvalue weighted by Gasteiger charge is -2.26. The molecule has 0 spiro atoms. The Labute approximate surface area is 107 Å². The summed E-state index contributed by atoms with van der Waals surface area (Å²) in [6.45, 7) is 8.00. The maximum Gasteiger partial charge on any atom is 0.416 e. The van der Waals surface area contributed by atoms with Crippen molar-refractivity contribution >= 4 is 0 Å². The number of rotatable bonds is 5. The molecule has 0 aliphatic heterocycles. The molecule has 1 aromatic carbocycles. The molecule has 1 aromatic rings. The van der Waals surface area contributed by atoms with E-state index in [0.29, 0.717) is 6.42 Å². The van der Waals surface area contributed by atoms with E-state index < -0.39 is 11.7 Å². The molecule has 18 heavy (non-hydrogen) atoms. The van der Waals surface area contributed by atoms with Crippen LogP contribution in [0.4, 0.5) is 13.2 Å². The molecule has 0 aliphatic rings. The first-order chi connectivity index (χ1) is 8.38. The molecule has 0 saturated heterocycles. The first-order valence-corrected chi connectivity index (χ1v) is 6.28. The van der Waals surface area contributed by atoms with Gasteiger partial charge in [-0.05, 0) is 38.1 Å². The predicted molar refractivity (Wildman–Crippen MR) is 67.5 cm³/mol. The van der Waals surface area contributed by atoms with E-state index in [2.05, 4.69) is 18.7 Å². The summed E-state index contributed by atoms with van der Waals surface area (Å²) in [5.41, 5.74) is 0.177. The van der Waals surface area contributed by atoms with Gasteiger partial charge in [0.25, 0.3) is 0 Å². The Balaban J connectivity index is 2.79. The van der Waals surface area contributed by atoms with Crippen LogP contribution in [0.1, 0.15) is 31.9 Å². The standard InChI is InChI=1S/C14H20F3N/c1-4-18(5-2)11(3)9-12-7-6-8-13(10-12)14(15,16)17/h6-8,10-11H,4-5,9H2,1-3H3/t11-/m1/s1. The van der Waals surface area contributed by atoms with Crippen molar-refractivity contribution in [3.63, 3.8) is 0 Å². The molecule has 0 aromatic heterocycles. The molecule has 0 fully saturated rings. The first kappa shape index (κ1) is 15.0. The van der Waals surface area contributed by atoms with Crippen LogP contribution in [0.5, 0.6) is 0 Å². The summed E-state index contributed by atoms with van der Waals surface area (Å²) in [4.78, 5) is 2.24. The van der Waals surface area contributed by atoms with Gasteiger partial charge in [-0.2, -0.15) is 13.2 Å². The van der Waals surface area contributed by atoms with Crippen LogP contribution < -0.4 is 0 Å². The van der Waals surface area contributed by atoms with Crippen LogP contribution in [0, 0.1) is 0 Å². The molecule has 0 aliphatic carbocycles. The number of alkyl halides is 3. The van der Waals surface area contributed by atoms with E-state index in [4.69, 9.17) is 0 Å². The number of halogens is 3. The molecule has 0 N–H and O–H groups in total. The molecule has 0 radical (unpaired) electrons. The Morgan fingerprint density at radius 1 is 1.17 bits per heavy atom. The highest BCUT2D eigenvalue weighted by Crippen LogP contribution is 2.29. The van der Waals surface area contributed by atoms with Crippen LogP contribution in [-0.2, 0) is 12.6 Å². The maximum absolute atomic E-state index is 12.6. The van der Waals surface area contributed by atoms with Crippen molar-refractivity contribution in [3.05, 3.63) is 35.4 Å². The second-order valence-electron chi connectivity index (χ2n) is 4.47. The van der Waals surface area contributed by atoms with Crippen LogP contribution in [0.2, 0.25) is 0 Å². The minimum absolute atomic E-state index is 0.253. The Bertz CT molecular complexity index is 370. The van der Waals surface area contributed by atoms with Gasteiger partial charge in [0.2, 0.25) is 0 Å².